The fraction of sp³-hybridized carbons (Fsp3) is 0.478. The smallest absolute Gasteiger partial charge is 0.180 e. The fourth-order valence-corrected chi connectivity index (χ4v) is 4.45. The van der Waals surface area contributed by atoms with Crippen molar-refractivity contribution in [2.45, 2.75) is 45.9 Å². The zero-order valence-electron chi connectivity index (χ0n) is 17.5. The van der Waals surface area contributed by atoms with Gasteiger partial charge >= 0.3 is 0 Å². The van der Waals surface area contributed by atoms with Gasteiger partial charge in [0.15, 0.2) is 11.5 Å². The third-order valence-electron chi connectivity index (χ3n) is 5.35. The maximum Gasteiger partial charge on any atom is 0.180 e. The van der Waals surface area contributed by atoms with Crippen molar-refractivity contribution in [3.63, 3.8) is 0 Å². The average molecular weight is 472 g/mol. The molecule has 0 spiro atoms. The van der Waals surface area contributed by atoms with Crippen LogP contribution in [-0.2, 0) is 13.2 Å². The number of benzene rings is 2. The molecule has 0 bridgehead atoms. The van der Waals surface area contributed by atoms with Crippen LogP contribution in [-0.4, -0.2) is 37.2 Å². The molecule has 4 nitrogen and oxygen atoms in total. The lowest BCUT2D eigenvalue weighted by atomic mass is 10.1. The second kappa shape index (κ2) is 11.4. The molecule has 0 aliphatic carbocycles. The zero-order valence-corrected chi connectivity index (χ0v) is 19.8. The van der Waals surface area contributed by atoms with Crippen LogP contribution in [0.1, 0.15) is 37.8 Å². The van der Waals surface area contributed by atoms with E-state index in [2.05, 4.69) is 17.1 Å². The number of rotatable bonds is 10. The summed E-state index contributed by atoms with van der Waals surface area (Å²) in [7, 11) is 0. The Labute approximate surface area is 194 Å². The van der Waals surface area contributed by atoms with Gasteiger partial charge in [0.05, 0.1) is 21.7 Å². The normalized spacial score (nSPS) is 16.8. The Morgan fingerprint density at radius 3 is 2.53 bits per heavy atom. The number of hydrogen-bond donors (Lipinski definition) is 1. The number of nitrogens with zero attached hydrogens (tertiary/aromatic N) is 1. The summed E-state index contributed by atoms with van der Waals surface area (Å²) in [5.74, 6) is 1.19. The van der Waals surface area contributed by atoms with E-state index >= 15 is 0 Å². The summed E-state index contributed by atoms with van der Waals surface area (Å²) in [6.07, 6.45) is 2.54. The zero-order chi connectivity index (χ0) is 21.5. The first kappa shape index (κ1) is 23.5. The Balaban J connectivity index is 1.64. The van der Waals surface area contributed by atoms with Crippen LogP contribution in [0, 0.1) is 0 Å². The van der Waals surface area contributed by atoms with Gasteiger partial charge in [-0.15, -0.1) is 0 Å². The third-order valence-corrected chi connectivity index (χ3v) is 6.37. The number of likely N-dealkylation sites (tertiary alicyclic amines) is 1. The van der Waals surface area contributed by atoms with E-state index in [9.17, 15) is 0 Å². The van der Waals surface area contributed by atoms with Gasteiger partial charge in [0.1, 0.15) is 6.61 Å². The Morgan fingerprint density at radius 2 is 1.80 bits per heavy atom. The molecule has 0 aromatic heterocycles. The van der Waals surface area contributed by atoms with E-state index in [4.69, 9.17) is 44.3 Å². The van der Waals surface area contributed by atoms with Gasteiger partial charge in [-0.05, 0) is 68.2 Å². The predicted molar refractivity (Wildman–Crippen MR) is 125 cm³/mol. The molecule has 1 heterocycles. The minimum Gasteiger partial charge on any atom is -0.490 e. The Bertz CT molecular complexity index is 847. The standard InChI is InChI=1S/C23H29Cl3N2O2/c1-3-28-9-5-6-18(28)14-27-13-17-11-21(26)23(22(12-17)29-4-2)30-15-16-7-8-19(24)20(25)10-16/h7-8,10-12,18,27H,3-6,9,13-15H2,1-2H3. The number of nitrogens with one attached hydrogen (secondary N) is 1. The van der Waals surface area contributed by atoms with Crippen LogP contribution < -0.4 is 14.8 Å². The molecule has 2 aromatic carbocycles. The molecule has 1 fully saturated rings. The molecule has 1 N–H and O–H groups in total. The minimum absolute atomic E-state index is 0.322. The van der Waals surface area contributed by atoms with Crippen LogP contribution in [0.3, 0.4) is 0 Å². The average Bonchev–Trinajstić information content (AvgIpc) is 3.18. The molecule has 1 aliphatic heterocycles. The Hall–Kier alpha value is -1.17. The highest BCUT2D eigenvalue weighted by atomic mass is 35.5. The second-order valence-electron chi connectivity index (χ2n) is 7.43. The van der Waals surface area contributed by atoms with E-state index in [1.54, 1.807) is 12.1 Å². The van der Waals surface area contributed by atoms with E-state index in [0.717, 1.165) is 30.8 Å². The Kier molecular flexibility index (Phi) is 8.97. The minimum atomic E-state index is 0.322. The van der Waals surface area contributed by atoms with Gasteiger partial charge in [-0.3, -0.25) is 4.90 Å². The van der Waals surface area contributed by atoms with Gasteiger partial charge in [0.25, 0.3) is 0 Å². The third kappa shape index (κ3) is 6.18. The summed E-state index contributed by atoms with van der Waals surface area (Å²) in [6, 6.07) is 9.98. The lowest BCUT2D eigenvalue weighted by Crippen LogP contribution is -2.37. The van der Waals surface area contributed by atoms with Gasteiger partial charge in [-0.1, -0.05) is 47.8 Å². The lowest BCUT2D eigenvalue weighted by molar-refractivity contribution is 0.259. The quantitative estimate of drug-likeness (QED) is 0.447. The van der Waals surface area contributed by atoms with Crippen molar-refractivity contribution in [1.29, 1.82) is 0 Å². The number of likely N-dealkylation sites (N-methyl/N-ethyl adjacent to an activating group) is 1. The van der Waals surface area contributed by atoms with Crippen molar-refractivity contribution >= 4 is 34.8 Å². The van der Waals surface area contributed by atoms with Crippen LogP contribution in [0.2, 0.25) is 15.1 Å². The van der Waals surface area contributed by atoms with Gasteiger partial charge in [0.2, 0.25) is 0 Å². The van der Waals surface area contributed by atoms with Crippen molar-refractivity contribution in [3.8, 4) is 11.5 Å². The highest BCUT2D eigenvalue weighted by Gasteiger charge is 2.22. The first-order valence-electron chi connectivity index (χ1n) is 10.5. The topological polar surface area (TPSA) is 33.7 Å². The van der Waals surface area contributed by atoms with E-state index in [1.165, 1.54) is 19.4 Å². The monoisotopic (exact) mass is 470 g/mol. The van der Waals surface area contributed by atoms with Gasteiger partial charge in [0, 0.05) is 19.1 Å². The summed E-state index contributed by atoms with van der Waals surface area (Å²) in [5.41, 5.74) is 1.98. The first-order chi connectivity index (χ1) is 14.5. The number of hydrogen-bond acceptors (Lipinski definition) is 4. The summed E-state index contributed by atoms with van der Waals surface area (Å²) in [4.78, 5) is 2.53. The highest BCUT2D eigenvalue weighted by molar-refractivity contribution is 6.42. The lowest BCUT2D eigenvalue weighted by Gasteiger charge is -2.23. The molecule has 1 atom stereocenters. The van der Waals surface area contributed by atoms with Crippen LogP contribution in [0.15, 0.2) is 30.3 Å². The second-order valence-corrected chi connectivity index (χ2v) is 8.65. The molecule has 0 radical (unpaired) electrons. The molecule has 3 rings (SSSR count). The van der Waals surface area contributed by atoms with E-state index in [-0.39, 0.29) is 0 Å². The van der Waals surface area contributed by atoms with Gasteiger partial charge in [-0.25, -0.2) is 0 Å². The molecule has 0 amide bonds. The van der Waals surface area contributed by atoms with Crippen molar-refractivity contribution < 1.29 is 9.47 Å². The summed E-state index contributed by atoms with van der Waals surface area (Å²) in [6.45, 7) is 9.05. The highest BCUT2D eigenvalue weighted by Crippen LogP contribution is 2.37. The summed E-state index contributed by atoms with van der Waals surface area (Å²) in [5, 5.41) is 5.12. The van der Waals surface area contributed by atoms with Crippen molar-refractivity contribution in [2.75, 3.05) is 26.2 Å². The molecule has 0 saturated carbocycles. The van der Waals surface area contributed by atoms with Crippen molar-refractivity contribution in [3.05, 3.63) is 56.5 Å². The first-order valence-corrected chi connectivity index (χ1v) is 11.6. The summed E-state index contributed by atoms with van der Waals surface area (Å²) < 4.78 is 11.8. The summed E-state index contributed by atoms with van der Waals surface area (Å²) >= 11 is 18.6. The SMILES string of the molecule is CCOc1cc(CNCC2CCCN2CC)cc(Cl)c1OCc1ccc(Cl)c(Cl)c1. The fourth-order valence-electron chi connectivity index (χ4n) is 3.84. The molecule has 30 heavy (non-hydrogen) atoms. The van der Waals surface area contributed by atoms with Gasteiger partial charge < -0.3 is 14.8 Å². The number of halogens is 3. The van der Waals surface area contributed by atoms with E-state index in [0.29, 0.717) is 45.8 Å². The molecule has 1 saturated heterocycles. The largest absolute Gasteiger partial charge is 0.490 e. The molecular weight excluding hydrogens is 443 g/mol. The molecule has 164 valence electrons. The van der Waals surface area contributed by atoms with Crippen LogP contribution >= 0.6 is 34.8 Å². The van der Waals surface area contributed by atoms with Crippen LogP contribution in [0.5, 0.6) is 11.5 Å². The molecule has 7 heteroatoms. The van der Waals surface area contributed by atoms with Crippen molar-refractivity contribution in [1.82, 2.24) is 10.2 Å². The maximum atomic E-state index is 6.56. The van der Waals surface area contributed by atoms with Crippen LogP contribution in [0.4, 0.5) is 0 Å². The predicted octanol–water partition coefficient (Wildman–Crippen LogP) is 6.20. The van der Waals surface area contributed by atoms with Crippen molar-refractivity contribution in [2.24, 2.45) is 0 Å². The Morgan fingerprint density at radius 1 is 1.00 bits per heavy atom. The van der Waals surface area contributed by atoms with Crippen LogP contribution in [0.25, 0.3) is 0 Å². The molecule has 1 unspecified atom stereocenters. The molecule has 1 aliphatic rings. The maximum absolute atomic E-state index is 6.56. The van der Waals surface area contributed by atoms with E-state index < -0.39 is 0 Å². The molecular formula is C23H29Cl3N2O2. The molecule has 2 aromatic rings. The number of ether oxygens (including phenoxy) is 2. The van der Waals surface area contributed by atoms with E-state index in [1.807, 2.05) is 25.1 Å². The van der Waals surface area contributed by atoms with Gasteiger partial charge in [-0.2, -0.15) is 0 Å².